The number of halogens is 1. The summed E-state index contributed by atoms with van der Waals surface area (Å²) >= 11 is 6.18. The van der Waals surface area contributed by atoms with Crippen LogP contribution < -0.4 is 14.8 Å². The smallest absolute Gasteiger partial charge is 0.331 e. The van der Waals surface area contributed by atoms with Crippen LogP contribution in [0.1, 0.15) is 29.5 Å². The highest BCUT2D eigenvalue weighted by molar-refractivity contribution is 6.32. The Bertz CT molecular complexity index is 1700. The van der Waals surface area contributed by atoms with Gasteiger partial charge in [0.2, 0.25) is 17.8 Å². The predicted octanol–water partition coefficient (Wildman–Crippen LogP) is 5.93. The van der Waals surface area contributed by atoms with Crippen molar-refractivity contribution in [2.75, 3.05) is 20.2 Å². The Labute approximate surface area is 273 Å². The van der Waals surface area contributed by atoms with Gasteiger partial charge in [-0.05, 0) is 35.7 Å². The van der Waals surface area contributed by atoms with Gasteiger partial charge in [-0.15, -0.1) is 0 Å². The lowest BCUT2D eigenvalue weighted by Gasteiger charge is -2.30. The van der Waals surface area contributed by atoms with Crippen LogP contribution in [-0.4, -0.2) is 53.7 Å². The summed E-state index contributed by atoms with van der Waals surface area (Å²) in [5.74, 6) is 0.168. The number of hydrogen-bond acceptors (Lipinski definition) is 7. The zero-order chi connectivity index (χ0) is 32.3. The zero-order valence-corrected chi connectivity index (χ0v) is 26.3. The van der Waals surface area contributed by atoms with Crippen molar-refractivity contribution in [1.82, 2.24) is 15.1 Å². The maximum Gasteiger partial charge on any atom is 0.331 e. The summed E-state index contributed by atoms with van der Waals surface area (Å²) in [7, 11) is 1.79. The number of nitrogens with one attached hydrogen (secondary N) is 1. The number of benzene rings is 4. The van der Waals surface area contributed by atoms with Crippen molar-refractivity contribution in [3.8, 4) is 11.5 Å². The highest BCUT2D eigenvalue weighted by Crippen LogP contribution is 2.35. The number of ether oxygens (including phenoxy) is 2. The summed E-state index contributed by atoms with van der Waals surface area (Å²) in [4.78, 5) is 46.8. The molecular formula is C36H35ClN4O5. The fraction of sp³-hybridized carbons (Fsp3) is 0.222. The van der Waals surface area contributed by atoms with Gasteiger partial charge in [0.05, 0.1) is 18.1 Å². The van der Waals surface area contributed by atoms with E-state index in [9.17, 15) is 14.4 Å². The van der Waals surface area contributed by atoms with E-state index in [1.807, 2.05) is 72.8 Å². The second-order valence-electron chi connectivity index (χ2n) is 10.9. The van der Waals surface area contributed by atoms with Crippen LogP contribution in [0.4, 0.5) is 5.69 Å². The first-order valence-corrected chi connectivity index (χ1v) is 15.4. The average molecular weight is 639 g/mol. The van der Waals surface area contributed by atoms with Gasteiger partial charge in [0.15, 0.2) is 0 Å². The number of hydrogen-bond donors (Lipinski definition) is 1. The molecule has 0 unspecified atom stereocenters. The molecule has 1 heterocycles. The van der Waals surface area contributed by atoms with Gasteiger partial charge in [0.1, 0.15) is 23.7 Å². The molecule has 46 heavy (non-hydrogen) atoms. The molecule has 4 aromatic rings. The summed E-state index contributed by atoms with van der Waals surface area (Å²) in [6.07, 6.45) is 0.991. The summed E-state index contributed by atoms with van der Waals surface area (Å²) in [6.45, 7) is 0.944. The molecule has 0 spiro atoms. The Hall–Kier alpha value is -5.15. The predicted molar refractivity (Wildman–Crippen MR) is 177 cm³/mol. The zero-order valence-electron chi connectivity index (χ0n) is 25.5. The molecule has 1 aliphatic heterocycles. The quantitative estimate of drug-likeness (QED) is 0.117. The largest absolute Gasteiger partial charge is 0.491 e. The van der Waals surface area contributed by atoms with Crippen LogP contribution in [0.25, 0.3) is 0 Å². The second kappa shape index (κ2) is 15.7. The normalized spacial score (nSPS) is 12.0. The number of guanidine groups is 1. The van der Waals surface area contributed by atoms with Crippen molar-refractivity contribution in [1.29, 1.82) is 0 Å². The summed E-state index contributed by atoms with van der Waals surface area (Å²) in [6, 6.07) is 31.5. The molecule has 10 heteroatoms. The molecule has 0 saturated heterocycles. The van der Waals surface area contributed by atoms with Gasteiger partial charge in [-0.25, -0.2) is 9.79 Å². The van der Waals surface area contributed by atoms with E-state index in [-0.39, 0.29) is 43.0 Å². The van der Waals surface area contributed by atoms with Crippen LogP contribution in [0.5, 0.6) is 11.5 Å². The topological polar surface area (TPSA) is 101 Å². The molecule has 0 bridgehead atoms. The number of aliphatic imine (C=N–C) groups is 1. The SMILES string of the molecule is CN(Cc1ccccc1)C(=O)CCCOc1cccc2c1N=C(NC(=O)Cc1ccccc1)N(CC(=O)Oc1ccccc1Cl)C2. The second-order valence-corrected chi connectivity index (χ2v) is 11.3. The number of fused-ring (bicyclic) bond motifs is 1. The average Bonchev–Trinajstić information content (AvgIpc) is 3.05. The minimum atomic E-state index is -0.559. The summed E-state index contributed by atoms with van der Waals surface area (Å²) in [5.41, 5.74) is 3.28. The van der Waals surface area contributed by atoms with Crippen LogP contribution in [-0.2, 0) is 33.9 Å². The highest BCUT2D eigenvalue weighted by Gasteiger charge is 2.26. The molecule has 9 nitrogen and oxygen atoms in total. The van der Waals surface area contributed by atoms with Crippen molar-refractivity contribution in [2.45, 2.75) is 32.4 Å². The Morgan fingerprint density at radius 3 is 2.28 bits per heavy atom. The number of nitrogens with zero attached hydrogens (tertiary/aromatic N) is 3. The number of carbonyl (C=O) groups excluding carboxylic acids is 3. The molecule has 5 rings (SSSR count). The number of amides is 2. The Morgan fingerprint density at radius 1 is 0.870 bits per heavy atom. The van der Waals surface area contributed by atoms with Gasteiger partial charge in [-0.1, -0.05) is 96.5 Å². The van der Waals surface area contributed by atoms with Crippen LogP contribution in [0, 0.1) is 0 Å². The van der Waals surface area contributed by atoms with Gasteiger partial charge in [0.25, 0.3) is 0 Å². The van der Waals surface area contributed by atoms with Crippen molar-refractivity contribution < 1.29 is 23.9 Å². The number of para-hydroxylation sites is 2. The standard InChI is InChI=1S/C36H35ClN4O5/c1-40(23-27-14-6-3-7-15-27)33(43)20-11-21-45-31-19-10-16-28-24-41(25-34(44)46-30-18-9-8-17-29(30)37)36(39-35(28)31)38-32(42)22-26-12-4-2-5-13-26/h2-10,12-19H,11,20-25H2,1H3,(H,38,39,42). The fourth-order valence-corrected chi connectivity index (χ4v) is 5.14. The van der Waals surface area contributed by atoms with E-state index in [1.54, 1.807) is 47.2 Å². The lowest BCUT2D eigenvalue weighted by Crippen LogP contribution is -2.48. The molecule has 236 valence electrons. The van der Waals surface area contributed by atoms with E-state index in [1.165, 1.54) is 0 Å². The monoisotopic (exact) mass is 638 g/mol. The van der Waals surface area contributed by atoms with E-state index >= 15 is 0 Å². The third-order valence-corrected chi connectivity index (χ3v) is 7.59. The Balaban J connectivity index is 1.26. The molecule has 0 aromatic heterocycles. The van der Waals surface area contributed by atoms with Crippen molar-refractivity contribution >= 4 is 41.0 Å². The minimum Gasteiger partial charge on any atom is -0.491 e. The van der Waals surface area contributed by atoms with Crippen molar-refractivity contribution in [3.63, 3.8) is 0 Å². The van der Waals surface area contributed by atoms with E-state index < -0.39 is 5.97 Å². The number of esters is 1. The Kier molecular flexibility index (Phi) is 11.0. The van der Waals surface area contributed by atoms with E-state index in [0.717, 1.165) is 16.7 Å². The van der Waals surface area contributed by atoms with Crippen molar-refractivity contribution in [2.24, 2.45) is 4.99 Å². The molecule has 1 N–H and O–H groups in total. The maximum absolute atomic E-state index is 13.1. The lowest BCUT2D eigenvalue weighted by atomic mass is 10.1. The Morgan fingerprint density at radius 2 is 1.54 bits per heavy atom. The van der Waals surface area contributed by atoms with E-state index in [4.69, 9.17) is 26.1 Å². The lowest BCUT2D eigenvalue weighted by molar-refractivity contribution is -0.135. The molecule has 0 fully saturated rings. The highest BCUT2D eigenvalue weighted by atomic mass is 35.5. The van der Waals surface area contributed by atoms with Gasteiger partial charge in [-0.2, -0.15) is 0 Å². The molecule has 4 aromatic carbocycles. The van der Waals surface area contributed by atoms with Crippen LogP contribution in [0.2, 0.25) is 5.02 Å². The molecule has 0 saturated carbocycles. The first-order valence-electron chi connectivity index (χ1n) is 15.0. The molecule has 2 amide bonds. The first kappa shape index (κ1) is 32.2. The van der Waals surface area contributed by atoms with Crippen molar-refractivity contribution in [3.05, 3.63) is 125 Å². The minimum absolute atomic E-state index is 0.0308. The third-order valence-electron chi connectivity index (χ3n) is 7.28. The van der Waals surface area contributed by atoms with Gasteiger partial charge < -0.3 is 19.3 Å². The van der Waals surface area contributed by atoms with Gasteiger partial charge >= 0.3 is 5.97 Å². The van der Waals surface area contributed by atoms with Gasteiger partial charge in [0, 0.05) is 32.1 Å². The molecule has 1 aliphatic rings. The number of carbonyl (C=O) groups is 3. The van der Waals surface area contributed by atoms with E-state index in [2.05, 4.69) is 5.32 Å². The molecule has 0 atom stereocenters. The van der Waals surface area contributed by atoms with Crippen LogP contribution in [0.3, 0.4) is 0 Å². The summed E-state index contributed by atoms with van der Waals surface area (Å²) in [5, 5.41) is 3.19. The number of rotatable bonds is 12. The maximum atomic E-state index is 13.1. The molecular weight excluding hydrogens is 604 g/mol. The van der Waals surface area contributed by atoms with Crippen LogP contribution >= 0.6 is 11.6 Å². The summed E-state index contributed by atoms with van der Waals surface area (Å²) < 4.78 is 11.6. The molecule has 0 aliphatic carbocycles. The van der Waals surface area contributed by atoms with Gasteiger partial charge in [-0.3, -0.25) is 14.9 Å². The third kappa shape index (κ3) is 8.95. The van der Waals surface area contributed by atoms with Crippen LogP contribution in [0.15, 0.2) is 108 Å². The fourth-order valence-electron chi connectivity index (χ4n) is 4.96. The first-order chi connectivity index (χ1) is 22.4. The van der Waals surface area contributed by atoms with E-state index in [0.29, 0.717) is 42.5 Å². The molecule has 0 radical (unpaired) electrons.